The second-order valence-electron chi connectivity index (χ2n) is 7.32. The number of nitrogens with zero attached hydrogens (tertiary/aromatic N) is 4. The van der Waals surface area contributed by atoms with E-state index in [1.807, 2.05) is 66.2 Å². The highest BCUT2D eigenvalue weighted by molar-refractivity contribution is 5.94. The molecule has 0 bridgehead atoms. The van der Waals surface area contributed by atoms with Crippen LogP contribution in [0.25, 0.3) is 5.65 Å². The Morgan fingerprint density at radius 1 is 1.07 bits per heavy atom. The molecular weight excluding hydrogens is 376 g/mol. The number of pyridine rings is 2. The molecule has 0 N–H and O–H groups in total. The Bertz CT molecular complexity index is 1150. The van der Waals surface area contributed by atoms with Gasteiger partial charge in [-0.15, -0.1) is 0 Å². The molecule has 0 radical (unpaired) electrons. The van der Waals surface area contributed by atoms with Crippen LogP contribution in [0.3, 0.4) is 0 Å². The second-order valence-corrected chi connectivity index (χ2v) is 7.32. The molecule has 0 aliphatic heterocycles. The molecule has 152 valence electrons. The molecule has 4 rings (SSSR count). The lowest BCUT2D eigenvalue weighted by Crippen LogP contribution is -2.29. The first-order chi connectivity index (χ1) is 14.6. The van der Waals surface area contributed by atoms with Crippen molar-refractivity contribution in [1.29, 1.82) is 0 Å². The Balaban J connectivity index is 1.38. The van der Waals surface area contributed by atoms with Gasteiger partial charge in [0.2, 0.25) is 0 Å². The van der Waals surface area contributed by atoms with Gasteiger partial charge >= 0.3 is 0 Å². The summed E-state index contributed by atoms with van der Waals surface area (Å²) in [6.07, 6.45) is 6.48. The van der Waals surface area contributed by atoms with Crippen LogP contribution >= 0.6 is 0 Å². The van der Waals surface area contributed by atoms with E-state index in [1.54, 1.807) is 30.3 Å². The number of hydrogen-bond acceptors (Lipinski definition) is 4. The maximum Gasteiger partial charge on any atom is 0.253 e. The highest BCUT2D eigenvalue weighted by atomic mass is 16.5. The van der Waals surface area contributed by atoms with Gasteiger partial charge in [0.1, 0.15) is 18.0 Å². The molecule has 0 unspecified atom stereocenters. The van der Waals surface area contributed by atoms with E-state index in [0.717, 1.165) is 17.0 Å². The first-order valence-electron chi connectivity index (χ1n) is 9.91. The minimum Gasteiger partial charge on any atom is -0.487 e. The number of ether oxygens (including phenoxy) is 1. The molecule has 3 aromatic heterocycles. The van der Waals surface area contributed by atoms with E-state index >= 15 is 0 Å². The third-order valence-electron chi connectivity index (χ3n) is 4.89. The Labute approximate surface area is 175 Å². The van der Waals surface area contributed by atoms with Gasteiger partial charge in [-0.2, -0.15) is 0 Å². The van der Waals surface area contributed by atoms with Crippen LogP contribution in [0.2, 0.25) is 0 Å². The van der Waals surface area contributed by atoms with Crippen LogP contribution in [-0.4, -0.2) is 38.8 Å². The Hall–Kier alpha value is -3.67. The molecule has 1 amide bonds. The SMILES string of the molecule is Cc1ccc2nc(COc3cccc(C(=O)N(C)CCc4ccccn4)c3)cn2c1. The van der Waals surface area contributed by atoms with Crippen molar-refractivity contribution in [3.05, 3.63) is 95.7 Å². The van der Waals surface area contributed by atoms with Crippen LogP contribution in [0.4, 0.5) is 0 Å². The van der Waals surface area contributed by atoms with Gasteiger partial charge in [0, 0.05) is 49.9 Å². The molecule has 0 aliphatic carbocycles. The van der Waals surface area contributed by atoms with Gasteiger partial charge < -0.3 is 14.0 Å². The van der Waals surface area contributed by atoms with Crippen molar-refractivity contribution in [1.82, 2.24) is 19.3 Å². The number of likely N-dealkylation sites (N-methyl/N-ethyl adjacent to an activating group) is 1. The molecule has 0 saturated heterocycles. The molecule has 0 fully saturated rings. The van der Waals surface area contributed by atoms with Crippen LogP contribution < -0.4 is 4.74 Å². The van der Waals surface area contributed by atoms with E-state index in [-0.39, 0.29) is 5.91 Å². The lowest BCUT2D eigenvalue weighted by molar-refractivity contribution is 0.0796. The fourth-order valence-electron chi connectivity index (χ4n) is 3.25. The smallest absolute Gasteiger partial charge is 0.253 e. The molecule has 0 atom stereocenters. The zero-order valence-corrected chi connectivity index (χ0v) is 17.2. The number of carbonyl (C=O) groups is 1. The second kappa shape index (κ2) is 8.78. The van der Waals surface area contributed by atoms with Crippen molar-refractivity contribution >= 4 is 11.6 Å². The molecule has 0 aliphatic rings. The summed E-state index contributed by atoms with van der Waals surface area (Å²) in [5.41, 5.74) is 4.46. The van der Waals surface area contributed by atoms with Gasteiger partial charge in [0.25, 0.3) is 5.91 Å². The lowest BCUT2D eigenvalue weighted by Gasteiger charge is -2.17. The average Bonchev–Trinajstić information content (AvgIpc) is 3.18. The van der Waals surface area contributed by atoms with Crippen molar-refractivity contribution < 1.29 is 9.53 Å². The largest absolute Gasteiger partial charge is 0.487 e. The Morgan fingerprint density at radius 2 is 1.97 bits per heavy atom. The molecule has 3 heterocycles. The van der Waals surface area contributed by atoms with Crippen molar-refractivity contribution in [2.45, 2.75) is 20.0 Å². The fourth-order valence-corrected chi connectivity index (χ4v) is 3.25. The number of carbonyl (C=O) groups excluding carboxylic acids is 1. The number of rotatable bonds is 7. The van der Waals surface area contributed by atoms with Crippen LogP contribution in [0.1, 0.15) is 27.3 Å². The molecule has 1 aromatic carbocycles. The van der Waals surface area contributed by atoms with E-state index in [1.165, 1.54) is 5.56 Å². The molecule has 6 heteroatoms. The van der Waals surface area contributed by atoms with Crippen molar-refractivity contribution in [2.75, 3.05) is 13.6 Å². The summed E-state index contributed by atoms with van der Waals surface area (Å²) in [6.45, 7) is 2.99. The summed E-state index contributed by atoms with van der Waals surface area (Å²) in [6, 6.07) is 17.1. The fraction of sp³-hybridized carbons (Fsp3) is 0.208. The summed E-state index contributed by atoms with van der Waals surface area (Å²) in [4.78, 5) is 23.4. The van der Waals surface area contributed by atoms with Crippen LogP contribution in [0.5, 0.6) is 5.75 Å². The topological polar surface area (TPSA) is 59.7 Å². The molecule has 6 nitrogen and oxygen atoms in total. The maximum atomic E-state index is 12.8. The summed E-state index contributed by atoms with van der Waals surface area (Å²) >= 11 is 0. The first kappa shape index (κ1) is 19.6. The van der Waals surface area contributed by atoms with Crippen LogP contribution in [-0.2, 0) is 13.0 Å². The number of benzene rings is 1. The normalized spacial score (nSPS) is 10.9. The average molecular weight is 400 g/mol. The molecule has 4 aromatic rings. The highest BCUT2D eigenvalue weighted by Gasteiger charge is 2.13. The number of hydrogen-bond donors (Lipinski definition) is 0. The predicted molar refractivity (Wildman–Crippen MR) is 116 cm³/mol. The quantitative estimate of drug-likeness (QED) is 0.472. The van der Waals surface area contributed by atoms with E-state index < -0.39 is 0 Å². The predicted octanol–water partition coefficient (Wildman–Crippen LogP) is 3.93. The summed E-state index contributed by atoms with van der Waals surface area (Å²) < 4.78 is 7.89. The minimum atomic E-state index is -0.0420. The summed E-state index contributed by atoms with van der Waals surface area (Å²) in [5, 5.41) is 0. The van der Waals surface area contributed by atoms with Crippen LogP contribution in [0.15, 0.2) is 73.2 Å². The number of fused-ring (bicyclic) bond motifs is 1. The van der Waals surface area contributed by atoms with E-state index in [4.69, 9.17) is 4.74 Å². The third-order valence-corrected chi connectivity index (χ3v) is 4.89. The number of aromatic nitrogens is 3. The highest BCUT2D eigenvalue weighted by Crippen LogP contribution is 2.17. The number of aryl methyl sites for hydroxylation is 1. The number of amides is 1. The lowest BCUT2D eigenvalue weighted by atomic mass is 10.2. The standard InChI is InChI=1S/C24H24N4O2/c1-18-9-10-23-26-21(16-28(23)15-18)17-30-22-8-5-6-19(14-22)24(29)27(2)13-11-20-7-3-4-12-25-20/h3-10,12,14-16H,11,13,17H2,1-2H3. The van der Waals surface area contributed by atoms with Crippen molar-refractivity contribution in [3.63, 3.8) is 0 Å². The minimum absolute atomic E-state index is 0.0420. The van der Waals surface area contributed by atoms with Gasteiger partial charge in [-0.1, -0.05) is 18.2 Å². The van der Waals surface area contributed by atoms with Gasteiger partial charge in [-0.25, -0.2) is 4.98 Å². The summed E-state index contributed by atoms with van der Waals surface area (Å²) in [5.74, 6) is 0.604. The van der Waals surface area contributed by atoms with Crippen molar-refractivity contribution in [3.8, 4) is 5.75 Å². The van der Waals surface area contributed by atoms with Gasteiger partial charge in [0.15, 0.2) is 0 Å². The zero-order chi connectivity index (χ0) is 20.9. The summed E-state index contributed by atoms with van der Waals surface area (Å²) in [7, 11) is 1.80. The van der Waals surface area contributed by atoms with Crippen LogP contribution in [0, 0.1) is 6.92 Å². The van der Waals surface area contributed by atoms with Crippen molar-refractivity contribution in [2.24, 2.45) is 0 Å². The van der Waals surface area contributed by atoms with Gasteiger partial charge in [0.05, 0.1) is 5.69 Å². The van der Waals surface area contributed by atoms with E-state index in [0.29, 0.717) is 30.9 Å². The molecule has 30 heavy (non-hydrogen) atoms. The number of imidazole rings is 1. The Kier molecular flexibility index (Phi) is 5.75. The first-order valence-corrected chi connectivity index (χ1v) is 9.91. The van der Waals surface area contributed by atoms with E-state index in [2.05, 4.69) is 9.97 Å². The van der Waals surface area contributed by atoms with Gasteiger partial charge in [-0.05, 0) is 48.9 Å². The maximum absolute atomic E-state index is 12.8. The monoisotopic (exact) mass is 400 g/mol. The molecule has 0 saturated carbocycles. The van der Waals surface area contributed by atoms with Gasteiger partial charge in [-0.3, -0.25) is 9.78 Å². The molecule has 0 spiro atoms. The van der Waals surface area contributed by atoms with E-state index in [9.17, 15) is 4.79 Å². The zero-order valence-electron chi connectivity index (χ0n) is 17.2. The Morgan fingerprint density at radius 3 is 2.80 bits per heavy atom. The molecular formula is C24H24N4O2. The third kappa shape index (κ3) is 4.66.